The Morgan fingerprint density at radius 3 is 1.50 bits per heavy atom. The Kier molecular flexibility index (Phi) is 18.1. The van der Waals surface area contributed by atoms with Crippen molar-refractivity contribution in [3.8, 4) is 0 Å². The van der Waals surface area contributed by atoms with Gasteiger partial charge in [-0.1, -0.05) is 47.5 Å². The number of likely N-dealkylation sites (tertiary alicyclic amines) is 1. The number of hydrogen-bond acceptors (Lipinski definition) is 1. The van der Waals surface area contributed by atoms with Crippen LogP contribution in [0.4, 0.5) is 0 Å². The lowest BCUT2D eigenvalue weighted by Gasteiger charge is -2.11. The van der Waals surface area contributed by atoms with Crippen molar-refractivity contribution in [2.75, 3.05) is 19.6 Å². The third kappa shape index (κ3) is 12.0. The molecule has 0 amide bonds. The second-order valence-electron chi connectivity index (χ2n) is 3.55. The summed E-state index contributed by atoms with van der Waals surface area (Å²) >= 11 is 0. The van der Waals surface area contributed by atoms with Crippen molar-refractivity contribution in [3.05, 3.63) is 0 Å². The highest BCUT2D eigenvalue weighted by atomic mass is 15.1. The molecule has 1 fully saturated rings. The van der Waals surface area contributed by atoms with Gasteiger partial charge in [-0.2, -0.15) is 0 Å². The van der Waals surface area contributed by atoms with Crippen LogP contribution < -0.4 is 0 Å². The Morgan fingerprint density at radius 1 is 0.786 bits per heavy atom. The molecular weight excluding hydrogens is 170 g/mol. The Hall–Kier alpha value is -0.0400. The summed E-state index contributed by atoms with van der Waals surface area (Å²) in [5, 5.41) is 0. The minimum absolute atomic E-state index is 1.32. The van der Waals surface area contributed by atoms with Gasteiger partial charge in [-0.05, 0) is 38.9 Å². The van der Waals surface area contributed by atoms with Gasteiger partial charge in [0.15, 0.2) is 0 Å². The summed E-state index contributed by atoms with van der Waals surface area (Å²) in [6.07, 6.45) is 6.82. The fourth-order valence-electron chi connectivity index (χ4n) is 1.32. The van der Waals surface area contributed by atoms with Crippen LogP contribution in [-0.4, -0.2) is 24.5 Å². The third-order valence-corrected chi connectivity index (χ3v) is 2.24. The van der Waals surface area contributed by atoms with Crippen molar-refractivity contribution in [1.29, 1.82) is 0 Å². The molecule has 1 nitrogen and oxygen atoms in total. The maximum absolute atomic E-state index is 2.54. The van der Waals surface area contributed by atoms with Crippen LogP contribution in [-0.2, 0) is 0 Å². The molecule has 1 aliphatic rings. The quantitative estimate of drug-likeness (QED) is 0.657. The van der Waals surface area contributed by atoms with Gasteiger partial charge in [-0.25, -0.2) is 0 Å². The van der Waals surface area contributed by atoms with E-state index in [1.807, 2.05) is 13.8 Å². The van der Waals surface area contributed by atoms with Crippen molar-refractivity contribution < 1.29 is 0 Å². The molecule has 0 atom stereocenters. The van der Waals surface area contributed by atoms with Gasteiger partial charge in [0, 0.05) is 0 Å². The highest BCUT2D eigenvalue weighted by Crippen LogP contribution is 2.06. The summed E-state index contributed by atoms with van der Waals surface area (Å²) in [6, 6.07) is 0. The van der Waals surface area contributed by atoms with Gasteiger partial charge in [0.05, 0.1) is 0 Å². The van der Waals surface area contributed by atoms with Crippen molar-refractivity contribution in [3.63, 3.8) is 0 Å². The largest absolute Gasteiger partial charge is 0.303 e. The fraction of sp³-hybridized carbons (Fsp3) is 1.00. The van der Waals surface area contributed by atoms with Crippen molar-refractivity contribution in [1.82, 2.24) is 4.90 Å². The molecule has 1 saturated heterocycles. The van der Waals surface area contributed by atoms with E-state index in [1.54, 1.807) is 0 Å². The number of rotatable bonds is 3. The highest BCUT2D eigenvalue weighted by molar-refractivity contribution is 4.64. The van der Waals surface area contributed by atoms with Crippen molar-refractivity contribution in [2.45, 2.75) is 66.7 Å². The zero-order chi connectivity index (χ0) is 11.2. The van der Waals surface area contributed by atoms with E-state index in [-0.39, 0.29) is 0 Å². The van der Waals surface area contributed by atoms with Gasteiger partial charge in [-0.3, -0.25) is 0 Å². The van der Waals surface area contributed by atoms with Crippen LogP contribution in [0.1, 0.15) is 66.7 Å². The second-order valence-corrected chi connectivity index (χ2v) is 3.55. The van der Waals surface area contributed by atoms with Crippen molar-refractivity contribution >= 4 is 0 Å². The molecule has 0 aliphatic carbocycles. The predicted octanol–water partition coefficient (Wildman–Crippen LogP) is 4.32. The molecule has 88 valence electrons. The van der Waals surface area contributed by atoms with E-state index >= 15 is 0 Å². The summed E-state index contributed by atoms with van der Waals surface area (Å²) in [7, 11) is 0. The van der Waals surface area contributed by atoms with Crippen LogP contribution in [0, 0.1) is 0 Å². The monoisotopic (exact) mass is 201 g/mol. The molecule has 1 rings (SSSR count). The number of hydrogen-bond donors (Lipinski definition) is 0. The second kappa shape index (κ2) is 15.4. The normalized spacial score (nSPS) is 15.2. The lowest BCUT2D eigenvalue weighted by molar-refractivity contribution is 0.339. The van der Waals surface area contributed by atoms with E-state index < -0.39 is 0 Å². The Labute approximate surface area is 91.9 Å². The Bertz CT molecular complexity index is 73.3. The highest BCUT2D eigenvalue weighted by Gasteiger charge is 2.08. The average molecular weight is 201 g/mol. The average Bonchev–Trinajstić information content (AvgIpc) is 2.75. The smallest absolute Gasteiger partial charge is 0.00183 e. The van der Waals surface area contributed by atoms with Gasteiger partial charge >= 0.3 is 0 Å². The van der Waals surface area contributed by atoms with Gasteiger partial charge < -0.3 is 4.90 Å². The summed E-state index contributed by atoms with van der Waals surface area (Å²) in [6.45, 7) is 14.6. The zero-order valence-electron chi connectivity index (χ0n) is 11.1. The van der Waals surface area contributed by atoms with Crippen LogP contribution in [0.25, 0.3) is 0 Å². The minimum Gasteiger partial charge on any atom is -0.303 e. The van der Waals surface area contributed by atoms with Crippen LogP contribution >= 0.6 is 0 Å². The molecular formula is C13H31N. The van der Waals surface area contributed by atoms with Crippen LogP contribution in [0.15, 0.2) is 0 Å². The maximum atomic E-state index is 2.54. The van der Waals surface area contributed by atoms with Crippen molar-refractivity contribution in [2.24, 2.45) is 0 Å². The van der Waals surface area contributed by atoms with Crippen LogP contribution in [0.3, 0.4) is 0 Å². The standard InChI is InChI=1S/C7H15N.C4H10.C2H6/c1-2-5-8-6-3-4-7-8;1-3-4-2;1-2/h2-7H2,1H3;3-4H2,1-2H3;1-2H3. The predicted molar refractivity (Wildman–Crippen MR) is 67.9 cm³/mol. The SMILES string of the molecule is CC.CCCC.CCCN1CCCC1. The van der Waals surface area contributed by atoms with E-state index in [4.69, 9.17) is 0 Å². The topological polar surface area (TPSA) is 3.24 Å². The summed E-state index contributed by atoms with van der Waals surface area (Å²) in [4.78, 5) is 2.54. The minimum atomic E-state index is 1.32. The molecule has 0 radical (unpaired) electrons. The first-order chi connectivity index (χ1) is 6.85. The third-order valence-electron chi connectivity index (χ3n) is 2.24. The van der Waals surface area contributed by atoms with Gasteiger partial charge in [-0.15, -0.1) is 0 Å². The van der Waals surface area contributed by atoms with E-state index in [9.17, 15) is 0 Å². The van der Waals surface area contributed by atoms with E-state index in [0.717, 1.165) is 0 Å². The molecule has 0 spiro atoms. The van der Waals surface area contributed by atoms with Gasteiger partial charge in [0.1, 0.15) is 0 Å². The molecule has 1 aliphatic heterocycles. The van der Waals surface area contributed by atoms with Gasteiger partial charge in [0.2, 0.25) is 0 Å². The molecule has 0 saturated carbocycles. The summed E-state index contributed by atoms with van der Waals surface area (Å²) in [5.74, 6) is 0. The molecule has 0 bridgehead atoms. The Balaban J connectivity index is 0. The lowest BCUT2D eigenvalue weighted by atomic mass is 10.4. The summed E-state index contributed by atoms with van der Waals surface area (Å²) in [5.41, 5.74) is 0. The zero-order valence-corrected chi connectivity index (χ0v) is 11.1. The molecule has 0 aromatic carbocycles. The van der Waals surface area contributed by atoms with E-state index in [0.29, 0.717) is 0 Å². The molecule has 0 aromatic rings. The molecule has 14 heavy (non-hydrogen) atoms. The molecule has 0 unspecified atom stereocenters. The first kappa shape index (κ1) is 16.4. The van der Waals surface area contributed by atoms with Crippen LogP contribution in [0.2, 0.25) is 0 Å². The van der Waals surface area contributed by atoms with E-state index in [2.05, 4.69) is 25.7 Å². The number of unbranched alkanes of at least 4 members (excludes halogenated alkanes) is 1. The van der Waals surface area contributed by atoms with Gasteiger partial charge in [0.25, 0.3) is 0 Å². The lowest BCUT2D eigenvalue weighted by Crippen LogP contribution is -2.19. The first-order valence-electron chi connectivity index (χ1n) is 6.57. The van der Waals surface area contributed by atoms with E-state index in [1.165, 1.54) is 51.7 Å². The molecule has 1 heteroatoms. The first-order valence-corrected chi connectivity index (χ1v) is 6.57. The number of nitrogens with zero attached hydrogens (tertiary/aromatic N) is 1. The summed E-state index contributed by atoms with van der Waals surface area (Å²) < 4.78 is 0. The fourth-order valence-corrected chi connectivity index (χ4v) is 1.32. The maximum Gasteiger partial charge on any atom is -0.00183 e. The van der Waals surface area contributed by atoms with Crippen LogP contribution in [0.5, 0.6) is 0 Å². The molecule has 1 heterocycles. The molecule has 0 N–H and O–H groups in total. The Morgan fingerprint density at radius 2 is 1.21 bits per heavy atom. The molecule has 0 aromatic heterocycles.